The third-order valence-corrected chi connectivity index (χ3v) is 3.90. The first-order valence-electron chi connectivity index (χ1n) is 7.98. The SMILES string of the molecule is CC(=O)NC(CC(=O)NCCc1ccc(F)cc1)c1cccc(Cl)c1. The minimum absolute atomic E-state index is 0.114. The Bertz CT molecular complexity index is 734. The van der Waals surface area contributed by atoms with Gasteiger partial charge in [0, 0.05) is 18.5 Å². The van der Waals surface area contributed by atoms with Crippen molar-refractivity contribution in [3.8, 4) is 0 Å². The van der Waals surface area contributed by atoms with E-state index in [2.05, 4.69) is 10.6 Å². The highest BCUT2D eigenvalue weighted by Crippen LogP contribution is 2.20. The molecule has 0 heterocycles. The van der Waals surface area contributed by atoms with Crippen LogP contribution in [-0.4, -0.2) is 18.4 Å². The number of halogens is 2. The highest BCUT2D eigenvalue weighted by atomic mass is 35.5. The van der Waals surface area contributed by atoms with E-state index in [4.69, 9.17) is 11.6 Å². The fraction of sp³-hybridized carbons (Fsp3) is 0.263. The van der Waals surface area contributed by atoms with E-state index in [0.29, 0.717) is 18.0 Å². The summed E-state index contributed by atoms with van der Waals surface area (Å²) in [4.78, 5) is 23.6. The molecule has 1 atom stereocenters. The molecule has 0 radical (unpaired) electrons. The van der Waals surface area contributed by atoms with Crippen molar-refractivity contribution in [3.63, 3.8) is 0 Å². The topological polar surface area (TPSA) is 58.2 Å². The summed E-state index contributed by atoms with van der Waals surface area (Å²) in [7, 11) is 0. The molecule has 0 fully saturated rings. The van der Waals surface area contributed by atoms with E-state index in [1.54, 1.807) is 30.3 Å². The van der Waals surface area contributed by atoms with Crippen molar-refractivity contribution in [3.05, 3.63) is 70.5 Å². The largest absolute Gasteiger partial charge is 0.356 e. The van der Waals surface area contributed by atoms with E-state index in [1.807, 2.05) is 6.07 Å². The Morgan fingerprint density at radius 3 is 2.52 bits per heavy atom. The van der Waals surface area contributed by atoms with Crippen molar-refractivity contribution in [2.75, 3.05) is 6.54 Å². The zero-order valence-electron chi connectivity index (χ0n) is 13.9. The van der Waals surface area contributed by atoms with Gasteiger partial charge in [-0.2, -0.15) is 0 Å². The molecule has 0 aliphatic rings. The standard InChI is InChI=1S/C19H20ClFN2O2/c1-13(24)23-18(15-3-2-4-16(20)11-15)12-19(25)22-10-9-14-5-7-17(21)8-6-14/h2-8,11,18H,9-10,12H2,1H3,(H,22,25)(H,23,24). The summed E-state index contributed by atoms with van der Waals surface area (Å²) in [6.45, 7) is 1.84. The lowest BCUT2D eigenvalue weighted by Gasteiger charge is -2.18. The predicted molar refractivity (Wildman–Crippen MR) is 95.7 cm³/mol. The molecule has 1 unspecified atom stereocenters. The van der Waals surface area contributed by atoms with Crippen molar-refractivity contribution >= 4 is 23.4 Å². The lowest BCUT2D eigenvalue weighted by molar-refractivity contribution is -0.122. The zero-order valence-corrected chi connectivity index (χ0v) is 14.6. The second-order valence-corrected chi connectivity index (χ2v) is 6.18. The number of amides is 2. The molecular weight excluding hydrogens is 343 g/mol. The second kappa shape index (κ2) is 9.18. The molecule has 0 saturated heterocycles. The third kappa shape index (κ3) is 6.55. The molecule has 2 rings (SSSR count). The molecule has 25 heavy (non-hydrogen) atoms. The maximum Gasteiger partial charge on any atom is 0.222 e. The average molecular weight is 363 g/mol. The first kappa shape index (κ1) is 18.9. The van der Waals surface area contributed by atoms with Crippen LogP contribution in [-0.2, 0) is 16.0 Å². The Morgan fingerprint density at radius 1 is 1.16 bits per heavy atom. The molecule has 132 valence electrons. The van der Waals surface area contributed by atoms with Crippen LogP contribution < -0.4 is 10.6 Å². The maximum atomic E-state index is 12.9. The molecule has 0 saturated carbocycles. The van der Waals surface area contributed by atoms with Gasteiger partial charge in [0.25, 0.3) is 0 Å². The summed E-state index contributed by atoms with van der Waals surface area (Å²) in [6.07, 6.45) is 0.720. The molecule has 6 heteroatoms. The van der Waals surface area contributed by atoms with Crippen molar-refractivity contribution in [1.82, 2.24) is 10.6 Å². The van der Waals surface area contributed by atoms with Crippen LogP contribution in [0, 0.1) is 5.82 Å². The van der Waals surface area contributed by atoms with E-state index in [1.165, 1.54) is 19.1 Å². The Kier molecular flexibility index (Phi) is 6.95. The van der Waals surface area contributed by atoms with Gasteiger partial charge in [-0.3, -0.25) is 9.59 Å². The first-order valence-corrected chi connectivity index (χ1v) is 8.35. The van der Waals surface area contributed by atoms with Crippen molar-refractivity contribution in [2.24, 2.45) is 0 Å². The summed E-state index contributed by atoms with van der Waals surface area (Å²) in [5, 5.41) is 6.13. The molecule has 4 nitrogen and oxygen atoms in total. The molecule has 2 aromatic carbocycles. The predicted octanol–water partition coefficient (Wildman–Crippen LogP) is 3.41. The van der Waals surface area contributed by atoms with E-state index < -0.39 is 6.04 Å². The quantitative estimate of drug-likeness (QED) is 0.793. The Labute approximate surface area is 151 Å². The van der Waals surface area contributed by atoms with Gasteiger partial charge >= 0.3 is 0 Å². The Balaban J connectivity index is 1.90. The lowest BCUT2D eigenvalue weighted by Crippen LogP contribution is -2.33. The molecule has 2 N–H and O–H groups in total. The highest BCUT2D eigenvalue weighted by Gasteiger charge is 2.17. The Morgan fingerprint density at radius 2 is 1.88 bits per heavy atom. The van der Waals surface area contributed by atoms with E-state index in [-0.39, 0.29) is 24.1 Å². The molecule has 0 aliphatic heterocycles. The summed E-state index contributed by atoms with van der Waals surface area (Å²) in [5.74, 6) is -0.683. The van der Waals surface area contributed by atoms with Gasteiger partial charge in [-0.05, 0) is 41.8 Å². The number of rotatable bonds is 7. The smallest absolute Gasteiger partial charge is 0.222 e. The number of carbonyl (C=O) groups is 2. The normalized spacial score (nSPS) is 11.6. The fourth-order valence-electron chi connectivity index (χ4n) is 2.48. The van der Waals surface area contributed by atoms with Crippen molar-refractivity contribution in [1.29, 1.82) is 0 Å². The van der Waals surface area contributed by atoms with Gasteiger partial charge in [0.05, 0.1) is 12.5 Å². The minimum Gasteiger partial charge on any atom is -0.356 e. The number of carbonyl (C=O) groups excluding carboxylic acids is 2. The van der Waals surface area contributed by atoms with Gasteiger partial charge in [0.2, 0.25) is 11.8 Å². The van der Waals surface area contributed by atoms with Crippen molar-refractivity contribution in [2.45, 2.75) is 25.8 Å². The number of hydrogen-bond acceptors (Lipinski definition) is 2. The van der Waals surface area contributed by atoms with Crippen LogP contribution in [0.1, 0.15) is 30.5 Å². The average Bonchev–Trinajstić information content (AvgIpc) is 2.56. The lowest BCUT2D eigenvalue weighted by atomic mass is 10.0. The summed E-state index contributed by atoms with van der Waals surface area (Å²) >= 11 is 5.98. The molecule has 0 spiro atoms. The van der Waals surface area contributed by atoms with Gasteiger partial charge in [0.1, 0.15) is 5.82 Å². The summed E-state index contributed by atoms with van der Waals surface area (Å²) < 4.78 is 12.9. The van der Waals surface area contributed by atoms with Crippen LogP contribution in [0.25, 0.3) is 0 Å². The number of benzene rings is 2. The van der Waals surface area contributed by atoms with Gasteiger partial charge in [-0.25, -0.2) is 4.39 Å². The molecule has 0 aliphatic carbocycles. The summed E-state index contributed by atoms with van der Waals surface area (Å²) in [5.41, 5.74) is 1.71. The Hall–Kier alpha value is -2.40. The van der Waals surface area contributed by atoms with Gasteiger partial charge in [-0.15, -0.1) is 0 Å². The summed E-state index contributed by atoms with van der Waals surface area (Å²) in [6, 6.07) is 12.8. The molecule has 2 aromatic rings. The van der Waals surface area contributed by atoms with E-state index >= 15 is 0 Å². The fourth-order valence-corrected chi connectivity index (χ4v) is 2.67. The molecule has 2 amide bonds. The number of nitrogens with one attached hydrogen (secondary N) is 2. The molecule has 0 bridgehead atoms. The van der Waals surface area contributed by atoms with Gasteiger partial charge in [0.15, 0.2) is 0 Å². The van der Waals surface area contributed by atoms with Crippen LogP contribution >= 0.6 is 11.6 Å². The van der Waals surface area contributed by atoms with E-state index in [9.17, 15) is 14.0 Å². The van der Waals surface area contributed by atoms with Gasteiger partial charge in [-0.1, -0.05) is 35.9 Å². The first-order chi connectivity index (χ1) is 11.9. The zero-order chi connectivity index (χ0) is 18.2. The highest BCUT2D eigenvalue weighted by molar-refractivity contribution is 6.30. The van der Waals surface area contributed by atoms with Gasteiger partial charge < -0.3 is 10.6 Å². The molecule has 0 aromatic heterocycles. The van der Waals surface area contributed by atoms with Crippen LogP contribution in [0.3, 0.4) is 0 Å². The van der Waals surface area contributed by atoms with Crippen LogP contribution in [0.2, 0.25) is 5.02 Å². The van der Waals surface area contributed by atoms with Crippen LogP contribution in [0.4, 0.5) is 4.39 Å². The number of hydrogen-bond donors (Lipinski definition) is 2. The molecular formula is C19H20ClFN2O2. The van der Waals surface area contributed by atoms with Crippen molar-refractivity contribution < 1.29 is 14.0 Å². The third-order valence-electron chi connectivity index (χ3n) is 3.67. The van der Waals surface area contributed by atoms with Crippen LogP contribution in [0.5, 0.6) is 0 Å². The van der Waals surface area contributed by atoms with Crippen LogP contribution in [0.15, 0.2) is 48.5 Å². The maximum absolute atomic E-state index is 12.9. The van der Waals surface area contributed by atoms with E-state index in [0.717, 1.165) is 11.1 Å². The monoisotopic (exact) mass is 362 g/mol. The second-order valence-electron chi connectivity index (χ2n) is 5.74. The minimum atomic E-state index is -0.443.